The number of benzene rings is 2. The lowest BCUT2D eigenvalue weighted by Crippen LogP contribution is -2.48. The smallest absolute Gasteiger partial charge is 0.254 e. The van der Waals surface area contributed by atoms with E-state index in [2.05, 4.69) is 52.7 Å². The van der Waals surface area contributed by atoms with Gasteiger partial charge in [-0.2, -0.15) is 0 Å². The minimum atomic E-state index is -0.341. The maximum atomic E-state index is 13.0. The van der Waals surface area contributed by atoms with Crippen LogP contribution in [0.2, 0.25) is 0 Å². The molecule has 2 aromatic carbocycles. The van der Waals surface area contributed by atoms with Gasteiger partial charge in [0, 0.05) is 49.6 Å². The van der Waals surface area contributed by atoms with E-state index in [1.165, 1.54) is 24.0 Å². The summed E-state index contributed by atoms with van der Waals surface area (Å²) in [5.41, 5.74) is 4.48. The molecule has 4 heterocycles. The molecule has 2 unspecified atom stereocenters. The van der Waals surface area contributed by atoms with Gasteiger partial charge in [-0.05, 0) is 54.4 Å². The van der Waals surface area contributed by atoms with Crippen LogP contribution in [0.4, 0.5) is 0 Å². The molecule has 0 aromatic heterocycles. The summed E-state index contributed by atoms with van der Waals surface area (Å²) in [6.07, 6.45) is 5.25. The second-order valence-electron chi connectivity index (χ2n) is 10.1. The summed E-state index contributed by atoms with van der Waals surface area (Å²) in [5.74, 6) is -0.121. The van der Waals surface area contributed by atoms with Crippen molar-refractivity contribution >= 4 is 17.7 Å². The average Bonchev–Trinajstić information content (AvgIpc) is 3.24. The highest BCUT2D eigenvalue weighted by atomic mass is 16.2. The fourth-order valence-corrected chi connectivity index (χ4v) is 6.49. The first-order chi connectivity index (χ1) is 16.0. The van der Waals surface area contributed by atoms with E-state index < -0.39 is 0 Å². The van der Waals surface area contributed by atoms with Gasteiger partial charge < -0.3 is 4.90 Å². The van der Waals surface area contributed by atoms with Crippen molar-refractivity contribution in [1.82, 2.24) is 15.1 Å². The maximum absolute atomic E-state index is 13.0. The van der Waals surface area contributed by atoms with Crippen LogP contribution >= 0.6 is 0 Å². The lowest BCUT2D eigenvalue weighted by atomic mass is 9.84. The van der Waals surface area contributed by atoms with Crippen LogP contribution in [0.5, 0.6) is 0 Å². The summed E-state index contributed by atoms with van der Waals surface area (Å²) in [6.45, 7) is 1.52. The Bertz CT molecular complexity index is 1080. The zero-order chi connectivity index (χ0) is 22.5. The highest BCUT2D eigenvalue weighted by molar-refractivity contribution is 6.02. The first-order valence-corrected chi connectivity index (χ1v) is 12.1. The third kappa shape index (κ3) is 3.76. The molecular weight excluding hydrogens is 414 g/mol. The molecule has 0 saturated carbocycles. The summed E-state index contributed by atoms with van der Waals surface area (Å²) >= 11 is 0. The molecule has 4 aliphatic heterocycles. The van der Waals surface area contributed by atoms with Crippen molar-refractivity contribution in [1.29, 1.82) is 0 Å². The van der Waals surface area contributed by atoms with Gasteiger partial charge >= 0.3 is 0 Å². The zero-order valence-electron chi connectivity index (χ0n) is 18.7. The van der Waals surface area contributed by atoms with Crippen LogP contribution in [0.3, 0.4) is 0 Å². The lowest BCUT2D eigenvalue weighted by Gasteiger charge is -2.39. The number of amides is 3. The van der Waals surface area contributed by atoms with Crippen LogP contribution in [-0.4, -0.2) is 45.6 Å². The topological polar surface area (TPSA) is 69.7 Å². The van der Waals surface area contributed by atoms with Gasteiger partial charge in [0.1, 0.15) is 0 Å². The zero-order valence-corrected chi connectivity index (χ0v) is 18.7. The van der Waals surface area contributed by atoms with Crippen LogP contribution in [0.15, 0.2) is 48.5 Å². The van der Waals surface area contributed by atoms with Gasteiger partial charge in [0.2, 0.25) is 11.8 Å². The van der Waals surface area contributed by atoms with E-state index in [-0.39, 0.29) is 36.6 Å². The van der Waals surface area contributed by atoms with Crippen LogP contribution in [0.25, 0.3) is 0 Å². The van der Waals surface area contributed by atoms with Gasteiger partial charge in [-0.25, -0.2) is 0 Å². The van der Waals surface area contributed by atoms with E-state index >= 15 is 0 Å². The maximum Gasteiger partial charge on any atom is 0.254 e. The highest BCUT2D eigenvalue weighted by Gasteiger charge is 2.42. The second kappa shape index (κ2) is 8.10. The molecule has 6 nitrogen and oxygen atoms in total. The van der Waals surface area contributed by atoms with E-state index in [1.807, 2.05) is 6.07 Å². The van der Waals surface area contributed by atoms with Crippen molar-refractivity contribution in [3.05, 3.63) is 70.8 Å². The van der Waals surface area contributed by atoms with E-state index in [0.717, 1.165) is 30.5 Å². The first kappa shape index (κ1) is 20.6. The third-order valence-electron chi connectivity index (χ3n) is 8.09. The largest absolute Gasteiger partial charge is 0.330 e. The monoisotopic (exact) mass is 443 g/mol. The molecule has 0 radical (unpaired) electrons. The Labute approximate surface area is 193 Å². The predicted molar refractivity (Wildman–Crippen MR) is 123 cm³/mol. The van der Waals surface area contributed by atoms with E-state index in [0.29, 0.717) is 24.5 Å². The van der Waals surface area contributed by atoms with Crippen molar-refractivity contribution in [2.75, 3.05) is 0 Å². The molecule has 6 heteroatoms. The van der Waals surface area contributed by atoms with E-state index in [4.69, 9.17) is 0 Å². The Kier molecular flexibility index (Phi) is 5.06. The van der Waals surface area contributed by atoms with Crippen LogP contribution < -0.4 is 5.32 Å². The molecule has 3 amide bonds. The molecule has 2 atom stereocenters. The number of carbonyl (C=O) groups is 3. The minimum Gasteiger partial charge on any atom is -0.330 e. The van der Waals surface area contributed by atoms with Gasteiger partial charge in [0.15, 0.2) is 0 Å². The lowest BCUT2D eigenvalue weighted by molar-refractivity contribution is -0.135. The fraction of sp³-hybridized carbons (Fsp3) is 0.444. The Morgan fingerprint density at radius 1 is 0.848 bits per heavy atom. The summed E-state index contributed by atoms with van der Waals surface area (Å²) < 4.78 is 0. The molecule has 170 valence electrons. The van der Waals surface area contributed by atoms with Gasteiger partial charge in [-0.3, -0.25) is 24.6 Å². The van der Waals surface area contributed by atoms with Crippen molar-refractivity contribution in [3.8, 4) is 0 Å². The van der Waals surface area contributed by atoms with Gasteiger partial charge in [-0.15, -0.1) is 0 Å². The molecular formula is C27H29N3O3. The standard InChI is InChI=1S/C27H29N3O3/c31-25-13-23(14-26(32)28-25)30-16-20-10-18(6-9-24(20)27(30)33)19-11-21-7-8-22(12-19)29(21)15-17-4-2-1-3-5-17/h1-6,9-10,19,21-23H,7-8,11-16H2,(H,28,31,32). The van der Waals surface area contributed by atoms with Crippen molar-refractivity contribution < 1.29 is 14.4 Å². The molecule has 6 rings (SSSR count). The van der Waals surface area contributed by atoms with Gasteiger partial charge in [0.05, 0.1) is 0 Å². The summed E-state index contributed by atoms with van der Waals surface area (Å²) in [4.78, 5) is 41.1. The highest BCUT2D eigenvalue weighted by Crippen LogP contribution is 2.44. The quantitative estimate of drug-likeness (QED) is 0.736. The molecule has 0 spiro atoms. The number of imide groups is 1. The predicted octanol–water partition coefficient (Wildman–Crippen LogP) is 3.36. The molecule has 3 saturated heterocycles. The van der Waals surface area contributed by atoms with Crippen LogP contribution in [-0.2, 0) is 22.7 Å². The van der Waals surface area contributed by atoms with Crippen LogP contribution in [0, 0.1) is 0 Å². The molecule has 2 aromatic rings. The Balaban J connectivity index is 1.17. The number of nitrogens with one attached hydrogen (secondary N) is 1. The number of hydrogen-bond acceptors (Lipinski definition) is 4. The molecule has 2 bridgehead atoms. The molecule has 3 fully saturated rings. The number of fused-ring (bicyclic) bond motifs is 3. The number of piperidine rings is 2. The van der Waals surface area contributed by atoms with E-state index in [1.54, 1.807) is 4.90 Å². The van der Waals surface area contributed by atoms with Crippen molar-refractivity contribution in [3.63, 3.8) is 0 Å². The Morgan fingerprint density at radius 3 is 2.24 bits per heavy atom. The Hall–Kier alpha value is -2.99. The van der Waals surface area contributed by atoms with Gasteiger partial charge in [0.25, 0.3) is 5.91 Å². The number of nitrogens with zero attached hydrogens (tertiary/aromatic N) is 2. The number of hydrogen-bond donors (Lipinski definition) is 1. The minimum absolute atomic E-state index is 0.0539. The molecule has 1 N–H and O–H groups in total. The molecule has 33 heavy (non-hydrogen) atoms. The van der Waals surface area contributed by atoms with Crippen LogP contribution in [0.1, 0.15) is 71.5 Å². The van der Waals surface area contributed by atoms with E-state index in [9.17, 15) is 14.4 Å². The summed E-state index contributed by atoms with van der Waals surface area (Å²) in [6, 6.07) is 18.0. The van der Waals surface area contributed by atoms with Crippen molar-refractivity contribution in [2.24, 2.45) is 0 Å². The summed E-state index contributed by atoms with van der Waals surface area (Å²) in [7, 11) is 0. The molecule has 0 aliphatic carbocycles. The Morgan fingerprint density at radius 2 is 1.55 bits per heavy atom. The average molecular weight is 444 g/mol. The number of rotatable bonds is 4. The van der Waals surface area contributed by atoms with Gasteiger partial charge in [-0.1, -0.05) is 42.5 Å². The number of carbonyl (C=O) groups excluding carboxylic acids is 3. The fourth-order valence-electron chi connectivity index (χ4n) is 6.49. The molecule has 4 aliphatic rings. The third-order valence-corrected chi connectivity index (χ3v) is 8.09. The SMILES string of the molecule is O=C1CC(N2Cc3cc(C4CC5CCC(C4)N5Cc4ccccc4)ccc3C2=O)CC(=O)N1. The second-order valence-corrected chi connectivity index (χ2v) is 10.1. The summed E-state index contributed by atoms with van der Waals surface area (Å²) in [5, 5.41) is 2.33. The normalized spacial score (nSPS) is 27.7. The first-order valence-electron chi connectivity index (χ1n) is 12.1. The van der Waals surface area contributed by atoms with Crippen molar-refractivity contribution in [2.45, 2.75) is 75.7 Å².